The maximum Gasteiger partial charge on any atom is 0.129 e. The van der Waals surface area contributed by atoms with Crippen LogP contribution in [0, 0.1) is 5.82 Å². The third-order valence-corrected chi connectivity index (χ3v) is 2.61. The summed E-state index contributed by atoms with van der Waals surface area (Å²) in [5, 5.41) is 4.55. The second kappa shape index (κ2) is 6.38. The van der Waals surface area contributed by atoms with Crippen LogP contribution in [0.4, 0.5) is 4.39 Å². The first-order valence-corrected chi connectivity index (χ1v) is 5.94. The number of halogens is 3. The quantitative estimate of drug-likeness (QED) is 0.644. The second-order valence-corrected chi connectivity index (χ2v) is 4.18. The number of nitrogens with one attached hydrogen (secondary N) is 1. The zero-order chi connectivity index (χ0) is 10.4. The molecule has 0 bridgehead atoms. The van der Waals surface area contributed by atoms with Gasteiger partial charge >= 0.3 is 0 Å². The van der Waals surface area contributed by atoms with Gasteiger partial charge in [-0.2, -0.15) is 0 Å². The highest BCUT2D eigenvalue weighted by molar-refractivity contribution is 9.09. The number of benzene rings is 1. The highest BCUT2D eigenvalue weighted by Crippen LogP contribution is 2.14. The van der Waals surface area contributed by atoms with Crippen LogP contribution in [0.2, 0.25) is 5.02 Å². The Morgan fingerprint density at radius 2 is 2.21 bits per heavy atom. The molecule has 0 amide bonds. The van der Waals surface area contributed by atoms with Crippen molar-refractivity contribution in [2.75, 3.05) is 11.9 Å². The molecule has 1 aromatic carbocycles. The third-order valence-electron chi connectivity index (χ3n) is 1.82. The first-order valence-electron chi connectivity index (χ1n) is 4.44. The van der Waals surface area contributed by atoms with Gasteiger partial charge < -0.3 is 5.32 Å². The fraction of sp³-hybridized carbons (Fsp3) is 0.400. The van der Waals surface area contributed by atoms with Gasteiger partial charge in [0.2, 0.25) is 0 Å². The van der Waals surface area contributed by atoms with Gasteiger partial charge in [0, 0.05) is 22.5 Å². The van der Waals surface area contributed by atoms with Crippen molar-refractivity contribution in [3.8, 4) is 0 Å². The smallest absolute Gasteiger partial charge is 0.129 e. The van der Waals surface area contributed by atoms with Crippen molar-refractivity contribution >= 4 is 27.5 Å². The highest BCUT2D eigenvalue weighted by atomic mass is 79.9. The lowest BCUT2D eigenvalue weighted by Crippen LogP contribution is -2.15. The highest BCUT2D eigenvalue weighted by Gasteiger charge is 2.01. The Hall–Kier alpha value is -0.120. The van der Waals surface area contributed by atoms with Gasteiger partial charge in [-0.1, -0.05) is 33.6 Å². The molecule has 78 valence electrons. The summed E-state index contributed by atoms with van der Waals surface area (Å²) in [6.07, 6.45) is 1.04. The molecule has 14 heavy (non-hydrogen) atoms. The van der Waals surface area contributed by atoms with Gasteiger partial charge in [-0.05, 0) is 25.1 Å². The Morgan fingerprint density at radius 1 is 1.43 bits per heavy atom. The molecular formula is C10H12BrClFN. The molecule has 1 aromatic rings. The molecule has 1 N–H and O–H groups in total. The van der Waals surface area contributed by atoms with E-state index in [9.17, 15) is 4.39 Å². The van der Waals surface area contributed by atoms with Crippen LogP contribution in [-0.4, -0.2) is 11.9 Å². The maximum absolute atomic E-state index is 13.2. The average molecular weight is 281 g/mol. The Bertz CT molecular complexity index is 293. The number of rotatable bonds is 5. The zero-order valence-electron chi connectivity index (χ0n) is 7.69. The van der Waals surface area contributed by atoms with E-state index in [1.165, 1.54) is 6.07 Å². The van der Waals surface area contributed by atoms with Crippen LogP contribution in [0.3, 0.4) is 0 Å². The van der Waals surface area contributed by atoms with Gasteiger partial charge in [-0.15, -0.1) is 0 Å². The van der Waals surface area contributed by atoms with Crippen molar-refractivity contribution in [2.45, 2.75) is 13.0 Å². The number of hydrogen-bond donors (Lipinski definition) is 1. The molecule has 0 heterocycles. The Balaban J connectivity index is 2.42. The van der Waals surface area contributed by atoms with Crippen molar-refractivity contribution in [1.29, 1.82) is 0 Å². The third kappa shape index (κ3) is 3.95. The van der Waals surface area contributed by atoms with E-state index in [0.29, 0.717) is 17.1 Å². The Kier molecular flexibility index (Phi) is 5.45. The molecule has 0 aliphatic rings. The van der Waals surface area contributed by atoms with Gasteiger partial charge in [0.05, 0.1) is 0 Å². The van der Waals surface area contributed by atoms with E-state index in [-0.39, 0.29) is 5.82 Å². The molecule has 1 rings (SSSR count). The molecule has 0 aromatic heterocycles. The summed E-state index contributed by atoms with van der Waals surface area (Å²) in [4.78, 5) is 0. The first kappa shape index (κ1) is 12.0. The van der Waals surface area contributed by atoms with Crippen molar-refractivity contribution < 1.29 is 4.39 Å². The summed E-state index contributed by atoms with van der Waals surface area (Å²) in [5.74, 6) is -0.246. The zero-order valence-corrected chi connectivity index (χ0v) is 10.0. The van der Waals surface area contributed by atoms with E-state index < -0.39 is 0 Å². The van der Waals surface area contributed by atoms with E-state index in [4.69, 9.17) is 11.6 Å². The van der Waals surface area contributed by atoms with E-state index in [2.05, 4.69) is 21.2 Å². The summed E-state index contributed by atoms with van der Waals surface area (Å²) in [5.41, 5.74) is 0.656. The minimum atomic E-state index is -0.246. The van der Waals surface area contributed by atoms with Crippen LogP contribution in [0.15, 0.2) is 18.2 Å². The normalized spacial score (nSPS) is 10.5. The van der Waals surface area contributed by atoms with Gasteiger partial charge in [-0.25, -0.2) is 4.39 Å². The van der Waals surface area contributed by atoms with E-state index in [1.807, 2.05) is 0 Å². The van der Waals surface area contributed by atoms with Crippen LogP contribution >= 0.6 is 27.5 Å². The Labute approximate surface area is 96.8 Å². The lowest BCUT2D eigenvalue weighted by Gasteiger charge is -2.05. The molecule has 0 spiro atoms. The predicted molar refractivity (Wildman–Crippen MR) is 61.5 cm³/mol. The molecule has 0 radical (unpaired) electrons. The minimum absolute atomic E-state index is 0.246. The molecule has 1 nitrogen and oxygen atoms in total. The van der Waals surface area contributed by atoms with Crippen molar-refractivity contribution in [3.05, 3.63) is 34.6 Å². The summed E-state index contributed by atoms with van der Waals surface area (Å²) < 4.78 is 13.2. The minimum Gasteiger partial charge on any atom is -0.313 e. The fourth-order valence-corrected chi connectivity index (χ4v) is 1.52. The van der Waals surface area contributed by atoms with Gasteiger partial charge in [0.15, 0.2) is 0 Å². The Morgan fingerprint density at radius 3 is 2.86 bits per heavy atom. The number of alkyl halides is 1. The standard InChI is InChI=1S/C10H12BrClFN/c11-4-1-5-14-7-8-2-3-9(12)6-10(8)13/h2-3,6,14H,1,4-5,7H2. The van der Waals surface area contributed by atoms with Crippen LogP contribution in [0.5, 0.6) is 0 Å². The summed E-state index contributed by atoms with van der Waals surface area (Å²) in [6, 6.07) is 4.74. The van der Waals surface area contributed by atoms with Crippen molar-refractivity contribution in [3.63, 3.8) is 0 Å². The average Bonchev–Trinajstić information content (AvgIpc) is 2.15. The predicted octanol–water partition coefficient (Wildman–Crippen LogP) is 3.35. The molecule has 0 aliphatic carbocycles. The molecular weight excluding hydrogens is 268 g/mol. The number of hydrogen-bond acceptors (Lipinski definition) is 1. The molecule has 0 aliphatic heterocycles. The van der Waals surface area contributed by atoms with Crippen LogP contribution in [-0.2, 0) is 6.54 Å². The fourth-order valence-electron chi connectivity index (χ4n) is 1.08. The first-order chi connectivity index (χ1) is 6.74. The lowest BCUT2D eigenvalue weighted by molar-refractivity contribution is 0.587. The van der Waals surface area contributed by atoms with E-state index in [0.717, 1.165) is 18.3 Å². The maximum atomic E-state index is 13.2. The topological polar surface area (TPSA) is 12.0 Å². The lowest BCUT2D eigenvalue weighted by atomic mass is 10.2. The monoisotopic (exact) mass is 279 g/mol. The van der Waals surface area contributed by atoms with Gasteiger partial charge in [-0.3, -0.25) is 0 Å². The summed E-state index contributed by atoms with van der Waals surface area (Å²) in [6.45, 7) is 1.43. The summed E-state index contributed by atoms with van der Waals surface area (Å²) >= 11 is 8.96. The van der Waals surface area contributed by atoms with Crippen LogP contribution < -0.4 is 5.32 Å². The molecule has 0 fully saturated rings. The van der Waals surface area contributed by atoms with Crippen LogP contribution in [0.25, 0.3) is 0 Å². The molecule has 0 unspecified atom stereocenters. The molecule has 0 saturated carbocycles. The largest absolute Gasteiger partial charge is 0.313 e. The second-order valence-electron chi connectivity index (χ2n) is 2.96. The SMILES string of the molecule is Fc1cc(Cl)ccc1CNCCCBr. The van der Waals surface area contributed by atoms with Gasteiger partial charge in [0.1, 0.15) is 5.82 Å². The van der Waals surface area contributed by atoms with Crippen molar-refractivity contribution in [2.24, 2.45) is 0 Å². The molecule has 0 saturated heterocycles. The van der Waals surface area contributed by atoms with E-state index in [1.54, 1.807) is 12.1 Å². The summed E-state index contributed by atoms with van der Waals surface area (Å²) in [7, 11) is 0. The van der Waals surface area contributed by atoms with Gasteiger partial charge in [0.25, 0.3) is 0 Å². The van der Waals surface area contributed by atoms with Crippen molar-refractivity contribution in [1.82, 2.24) is 5.32 Å². The van der Waals surface area contributed by atoms with Crippen LogP contribution in [0.1, 0.15) is 12.0 Å². The van der Waals surface area contributed by atoms with E-state index >= 15 is 0 Å². The molecule has 4 heteroatoms. The molecule has 0 atom stereocenters.